The highest BCUT2D eigenvalue weighted by molar-refractivity contribution is 7.98. The molecular weight excluding hydrogens is 270 g/mol. The predicted molar refractivity (Wildman–Crippen MR) is 86.2 cm³/mol. The Morgan fingerprint density at radius 1 is 1.45 bits per heavy atom. The number of nitrogens with zero attached hydrogens (tertiary/aromatic N) is 3. The van der Waals surface area contributed by atoms with Crippen molar-refractivity contribution in [1.82, 2.24) is 14.9 Å². The second kappa shape index (κ2) is 7.69. The van der Waals surface area contributed by atoms with Crippen molar-refractivity contribution in [2.45, 2.75) is 43.8 Å². The van der Waals surface area contributed by atoms with Crippen LogP contribution in [0.4, 0.5) is 11.6 Å². The lowest BCUT2D eigenvalue weighted by Gasteiger charge is -2.33. The third kappa shape index (κ3) is 4.52. The van der Waals surface area contributed by atoms with E-state index < -0.39 is 0 Å². The van der Waals surface area contributed by atoms with Gasteiger partial charge >= 0.3 is 0 Å². The number of hydrogen-bond donors (Lipinski definition) is 2. The van der Waals surface area contributed by atoms with Gasteiger partial charge in [-0.3, -0.25) is 0 Å². The van der Waals surface area contributed by atoms with E-state index in [4.69, 9.17) is 5.73 Å². The Kier molecular flexibility index (Phi) is 5.91. The van der Waals surface area contributed by atoms with Crippen molar-refractivity contribution in [2.75, 3.05) is 36.9 Å². The van der Waals surface area contributed by atoms with Crippen LogP contribution in [0.3, 0.4) is 0 Å². The maximum Gasteiger partial charge on any atom is 0.191 e. The fraction of sp³-hybridized carbons (Fsp3) is 0.714. The number of nitrogen functional groups attached to an aromatic ring is 1. The van der Waals surface area contributed by atoms with Crippen molar-refractivity contribution >= 4 is 23.4 Å². The van der Waals surface area contributed by atoms with Crippen molar-refractivity contribution in [3.8, 4) is 0 Å². The van der Waals surface area contributed by atoms with Crippen LogP contribution in [0, 0.1) is 0 Å². The standard InChI is InChI=1S/C14H25N5S/c1-11-6-3-4-8-19(11)9-5-7-16-13-10-12(15)17-14(18-13)20-2/h10-11H,3-9H2,1-2H3,(H3,15,16,17,18). The SMILES string of the molecule is CSc1nc(N)cc(NCCCN2CCCCC2C)n1. The van der Waals surface area contributed by atoms with Gasteiger partial charge in [-0.2, -0.15) is 0 Å². The molecule has 1 unspecified atom stereocenters. The van der Waals surface area contributed by atoms with E-state index in [1.165, 1.54) is 37.6 Å². The van der Waals surface area contributed by atoms with E-state index >= 15 is 0 Å². The summed E-state index contributed by atoms with van der Waals surface area (Å²) in [4.78, 5) is 11.1. The molecule has 0 saturated carbocycles. The van der Waals surface area contributed by atoms with Crippen LogP contribution in [-0.4, -0.2) is 46.8 Å². The van der Waals surface area contributed by atoms with Gasteiger partial charge in [0.1, 0.15) is 11.6 Å². The summed E-state index contributed by atoms with van der Waals surface area (Å²) < 4.78 is 0. The van der Waals surface area contributed by atoms with Crippen molar-refractivity contribution in [3.63, 3.8) is 0 Å². The number of thioether (sulfide) groups is 1. The van der Waals surface area contributed by atoms with Crippen molar-refractivity contribution in [3.05, 3.63) is 6.07 Å². The molecule has 1 aliphatic rings. The molecule has 1 aromatic heterocycles. The first-order chi connectivity index (χ1) is 9.69. The fourth-order valence-electron chi connectivity index (χ4n) is 2.61. The van der Waals surface area contributed by atoms with Crippen LogP contribution in [0.15, 0.2) is 11.2 Å². The summed E-state index contributed by atoms with van der Waals surface area (Å²) in [6.45, 7) is 5.66. The van der Waals surface area contributed by atoms with Gasteiger partial charge in [0.05, 0.1) is 0 Å². The molecule has 1 aliphatic heterocycles. The summed E-state index contributed by atoms with van der Waals surface area (Å²) in [5.74, 6) is 1.35. The number of nitrogens with one attached hydrogen (secondary N) is 1. The molecule has 2 heterocycles. The van der Waals surface area contributed by atoms with Gasteiger partial charge in [-0.1, -0.05) is 18.2 Å². The number of rotatable bonds is 6. The van der Waals surface area contributed by atoms with Crippen LogP contribution < -0.4 is 11.1 Å². The van der Waals surface area contributed by atoms with Gasteiger partial charge in [0, 0.05) is 25.2 Å². The third-order valence-corrected chi connectivity index (χ3v) is 4.32. The summed E-state index contributed by atoms with van der Waals surface area (Å²) in [5, 5.41) is 4.06. The van der Waals surface area contributed by atoms with E-state index in [-0.39, 0.29) is 0 Å². The van der Waals surface area contributed by atoms with E-state index in [0.717, 1.165) is 36.5 Å². The summed E-state index contributed by atoms with van der Waals surface area (Å²) in [6.07, 6.45) is 7.15. The highest BCUT2D eigenvalue weighted by atomic mass is 32.2. The zero-order valence-corrected chi connectivity index (χ0v) is 13.2. The summed E-state index contributed by atoms with van der Waals surface area (Å²) in [6, 6.07) is 2.53. The third-order valence-electron chi connectivity index (χ3n) is 3.78. The second-order valence-corrected chi connectivity index (χ2v) is 6.10. The molecule has 112 valence electrons. The van der Waals surface area contributed by atoms with Crippen LogP contribution in [0.2, 0.25) is 0 Å². The number of piperidine rings is 1. The van der Waals surface area contributed by atoms with Crippen LogP contribution in [0.25, 0.3) is 0 Å². The van der Waals surface area contributed by atoms with E-state index in [1.807, 2.05) is 6.26 Å². The fourth-order valence-corrected chi connectivity index (χ4v) is 3.00. The minimum Gasteiger partial charge on any atom is -0.383 e. The van der Waals surface area contributed by atoms with Gasteiger partial charge in [0.25, 0.3) is 0 Å². The molecule has 0 aliphatic carbocycles. The molecule has 0 bridgehead atoms. The molecule has 0 spiro atoms. The van der Waals surface area contributed by atoms with Gasteiger partial charge in [-0.25, -0.2) is 9.97 Å². The molecule has 1 saturated heterocycles. The minimum atomic E-state index is 0.525. The van der Waals surface area contributed by atoms with E-state index in [9.17, 15) is 0 Å². The lowest BCUT2D eigenvalue weighted by atomic mass is 10.0. The molecule has 5 nitrogen and oxygen atoms in total. The van der Waals surface area contributed by atoms with Gasteiger partial charge in [0.15, 0.2) is 5.16 Å². The average molecular weight is 295 g/mol. The molecule has 20 heavy (non-hydrogen) atoms. The monoisotopic (exact) mass is 295 g/mol. The second-order valence-electron chi connectivity index (χ2n) is 5.33. The molecular formula is C14H25N5S. The van der Waals surface area contributed by atoms with Gasteiger partial charge in [-0.05, 0) is 39.0 Å². The Bertz CT molecular complexity index is 426. The van der Waals surface area contributed by atoms with Gasteiger partial charge in [-0.15, -0.1) is 0 Å². The van der Waals surface area contributed by atoms with Gasteiger partial charge in [0.2, 0.25) is 0 Å². The number of nitrogens with two attached hydrogens (primary N) is 1. The van der Waals surface area contributed by atoms with Crippen molar-refractivity contribution in [2.24, 2.45) is 0 Å². The van der Waals surface area contributed by atoms with Crippen molar-refractivity contribution in [1.29, 1.82) is 0 Å². The van der Waals surface area contributed by atoms with Gasteiger partial charge < -0.3 is 16.0 Å². The van der Waals surface area contributed by atoms with Crippen molar-refractivity contribution < 1.29 is 0 Å². The molecule has 1 atom stereocenters. The van der Waals surface area contributed by atoms with E-state index in [1.54, 1.807) is 6.07 Å². The Morgan fingerprint density at radius 3 is 3.05 bits per heavy atom. The lowest BCUT2D eigenvalue weighted by Crippen LogP contribution is -2.38. The average Bonchev–Trinajstić information content (AvgIpc) is 2.44. The Hall–Kier alpha value is -1.01. The highest BCUT2D eigenvalue weighted by Crippen LogP contribution is 2.17. The Morgan fingerprint density at radius 2 is 2.30 bits per heavy atom. The molecule has 6 heteroatoms. The summed E-state index contributed by atoms with van der Waals surface area (Å²) in [5.41, 5.74) is 5.76. The van der Waals surface area contributed by atoms with Crippen LogP contribution >= 0.6 is 11.8 Å². The number of anilines is 2. The minimum absolute atomic E-state index is 0.525. The molecule has 0 amide bonds. The van der Waals surface area contributed by atoms with Crippen LogP contribution in [0.5, 0.6) is 0 Å². The maximum atomic E-state index is 5.76. The highest BCUT2D eigenvalue weighted by Gasteiger charge is 2.16. The Balaban J connectivity index is 1.74. The van der Waals surface area contributed by atoms with Crippen LogP contribution in [0.1, 0.15) is 32.6 Å². The molecule has 1 aromatic rings. The lowest BCUT2D eigenvalue weighted by molar-refractivity contribution is 0.160. The normalized spacial score (nSPS) is 20.0. The number of hydrogen-bond acceptors (Lipinski definition) is 6. The first kappa shape index (κ1) is 15.4. The smallest absolute Gasteiger partial charge is 0.191 e. The molecule has 1 fully saturated rings. The Labute approximate surface area is 125 Å². The largest absolute Gasteiger partial charge is 0.383 e. The predicted octanol–water partition coefficient (Wildman–Crippen LogP) is 2.46. The first-order valence-corrected chi connectivity index (χ1v) is 8.58. The number of likely N-dealkylation sites (tertiary alicyclic amines) is 1. The van der Waals surface area contributed by atoms with Crippen LogP contribution in [-0.2, 0) is 0 Å². The molecule has 2 rings (SSSR count). The first-order valence-electron chi connectivity index (χ1n) is 7.35. The van der Waals surface area contributed by atoms with E-state index in [2.05, 4.69) is 27.1 Å². The zero-order chi connectivity index (χ0) is 14.4. The van der Waals surface area contributed by atoms with E-state index in [0.29, 0.717) is 5.82 Å². The topological polar surface area (TPSA) is 67.1 Å². The maximum absolute atomic E-state index is 5.76. The quantitative estimate of drug-likeness (QED) is 0.477. The zero-order valence-electron chi connectivity index (χ0n) is 12.4. The molecule has 0 radical (unpaired) electrons. The summed E-state index contributed by atoms with van der Waals surface area (Å²) >= 11 is 1.51. The molecule has 3 N–H and O–H groups in total. The molecule has 0 aromatic carbocycles. The number of aromatic nitrogens is 2. The summed E-state index contributed by atoms with van der Waals surface area (Å²) in [7, 11) is 0.